The average molecular weight is 348 g/mol. The Morgan fingerprint density at radius 1 is 0.962 bits per heavy atom. The first-order chi connectivity index (χ1) is 12.7. The molecule has 5 nitrogen and oxygen atoms in total. The number of halogens is 1. The van der Waals surface area contributed by atoms with Crippen LogP contribution in [0, 0.1) is 5.82 Å². The fraction of sp³-hybridized carbons (Fsp3) is 0.150. The van der Waals surface area contributed by atoms with Gasteiger partial charge in [-0.1, -0.05) is 36.3 Å². The smallest absolute Gasteiger partial charge is 0.263 e. The average Bonchev–Trinajstić information content (AvgIpc) is 3.12. The molecule has 0 spiro atoms. The summed E-state index contributed by atoms with van der Waals surface area (Å²) in [5.41, 5.74) is 4.17. The van der Waals surface area contributed by atoms with Gasteiger partial charge in [-0.15, -0.1) is 0 Å². The Morgan fingerprint density at radius 3 is 2.42 bits per heavy atom. The van der Waals surface area contributed by atoms with E-state index in [4.69, 9.17) is 4.52 Å². The third-order valence-electron chi connectivity index (χ3n) is 4.28. The second-order valence-electron chi connectivity index (χ2n) is 5.96. The second-order valence-corrected chi connectivity index (χ2v) is 5.96. The van der Waals surface area contributed by atoms with Crippen molar-refractivity contribution in [2.45, 2.75) is 19.9 Å². The molecular weight excluding hydrogens is 331 g/mol. The lowest BCUT2D eigenvalue weighted by atomic mass is 10.1. The summed E-state index contributed by atoms with van der Waals surface area (Å²) in [6, 6.07) is 14.5. The van der Waals surface area contributed by atoms with Crippen LogP contribution >= 0.6 is 0 Å². The number of hydrogen-bond acceptors (Lipinski definition) is 5. The lowest BCUT2D eigenvalue weighted by Gasteiger charge is -2.07. The molecule has 2 aromatic heterocycles. The second kappa shape index (κ2) is 6.92. The van der Waals surface area contributed by atoms with Gasteiger partial charge in [-0.3, -0.25) is 0 Å². The van der Waals surface area contributed by atoms with Gasteiger partial charge < -0.3 is 9.84 Å². The molecule has 0 radical (unpaired) electrons. The summed E-state index contributed by atoms with van der Waals surface area (Å²) >= 11 is 0. The Hall–Kier alpha value is -3.28. The number of aryl methyl sites for hydroxylation is 1. The molecule has 0 aliphatic heterocycles. The maximum absolute atomic E-state index is 13.2. The van der Waals surface area contributed by atoms with Crippen LogP contribution in [0.1, 0.15) is 18.1 Å². The highest BCUT2D eigenvalue weighted by Crippen LogP contribution is 2.31. The van der Waals surface area contributed by atoms with Gasteiger partial charge in [-0.2, -0.15) is 4.98 Å². The Balaban J connectivity index is 1.66. The molecule has 0 aliphatic rings. The minimum atomic E-state index is -0.299. The number of rotatable bonds is 5. The summed E-state index contributed by atoms with van der Waals surface area (Å²) < 4.78 is 18.5. The molecule has 4 rings (SSSR count). The van der Waals surface area contributed by atoms with E-state index in [0.717, 1.165) is 17.5 Å². The molecule has 130 valence electrons. The summed E-state index contributed by atoms with van der Waals surface area (Å²) in [7, 11) is 0. The van der Waals surface area contributed by atoms with Crippen LogP contribution in [0.4, 0.5) is 10.2 Å². The van der Waals surface area contributed by atoms with Crippen LogP contribution in [-0.4, -0.2) is 15.1 Å². The van der Waals surface area contributed by atoms with Gasteiger partial charge >= 0.3 is 0 Å². The highest BCUT2D eigenvalue weighted by Gasteiger charge is 2.16. The zero-order valence-corrected chi connectivity index (χ0v) is 14.2. The first-order valence-corrected chi connectivity index (χ1v) is 8.42. The minimum absolute atomic E-state index is 0.299. The summed E-state index contributed by atoms with van der Waals surface area (Å²) in [5, 5.41) is 8.10. The van der Waals surface area contributed by atoms with Crippen LogP contribution in [0.25, 0.3) is 22.4 Å². The van der Waals surface area contributed by atoms with Gasteiger partial charge in [0.25, 0.3) is 5.71 Å². The lowest BCUT2D eigenvalue weighted by molar-refractivity contribution is 0.451. The van der Waals surface area contributed by atoms with Gasteiger partial charge in [0.15, 0.2) is 0 Å². The first kappa shape index (κ1) is 16.2. The van der Waals surface area contributed by atoms with Crippen LogP contribution < -0.4 is 5.32 Å². The summed E-state index contributed by atoms with van der Waals surface area (Å²) in [4.78, 5) is 8.46. The van der Waals surface area contributed by atoms with Crippen molar-refractivity contribution in [3.05, 3.63) is 71.8 Å². The molecule has 1 N–H and O–H groups in total. The van der Waals surface area contributed by atoms with Crippen LogP contribution in [0.3, 0.4) is 0 Å². The van der Waals surface area contributed by atoms with Crippen LogP contribution in [0.2, 0.25) is 0 Å². The number of aromatic nitrogens is 3. The van der Waals surface area contributed by atoms with Gasteiger partial charge in [0.05, 0.1) is 0 Å². The monoisotopic (exact) mass is 348 g/mol. The Labute approximate surface area is 149 Å². The number of anilines is 1. The van der Waals surface area contributed by atoms with Gasteiger partial charge in [0.2, 0.25) is 0 Å². The molecule has 2 heterocycles. The third kappa shape index (κ3) is 3.13. The van der Waals surface area contributed by atoms with Gasteiger partial charge in [0.1, 0.15) is 29.0 Å². The van der Waals surface area contributed by atoms with Crippen molar-refractivity contribution in [1.82, 2.24) is 15.1 Å². The molecule has 0 aliphatic carbocycles. The van der Waals surface area contributed by atoms with E-state index in [1.165, 1.54) is 24.0 Å². The fourth-order valence-corrected chi connectivity index (χ4v) is 2.80. The Bertz CT molecular complexity index is 1030. The van der Waals surface area contributed by atoms with Crippen molar-refractivity contribution >= 4 is 16.9 Å². The van der Waals surface area contributed by atoms with Crippen molar-refractivity contribution in [2.24, 2.45) is 0 Å². The Morgan fingerprint density at radius 2 is 1.69 bits per heavy atom. The van der Waals surface area contributed by atoms with Crippen molar-refractivity contribution in [3.8, 4) is 11.3 Å². The molecule has 26 heavy (non-hydrogen) atoms. The zero-order valence-electron chi connectivity index (χ0n) is 14.2. The fourth-order valence-electron chi connectivity index (χ4n) is 2.80. The Kier molecular flexibility index (Phi) is 4.31. The SMILES string of the molecule is CCc1ccc(CNc2ncnc3onc(-c4ccc(F)cc4)c23)cc1. The molecule has 0 amide bonds. The van der Waals surface area contributed by atoms with Crippen molar-refractivity contribution < 1.29 is 8.91 Å². The number of benzene rings is 2. The van der Waals surface area contributed by atoms with Crippen LogP contribution in [0.5, 0.6) is 0 Å². The summed E-state index contributed by atoms with van der Waals surface area (Å²) in [6.45, 7) is 2.75. The number of nitrogens with one attached hydrogen (secondary N) is 1. The molecule has 0 bridgehead atoms. The van der Waals surface area contributed by atoms with Crippen molar-refractivity contribution in [2.75, 3.05) is 5.32 Å². The van der Waals surface area contributed by atoms with Crippen molar-refractivity contribution in [3.63, 3.8) is 0 Å². The molecule has 0 fully saturated rings. The topological polar surface area (TPSA) is 63.8 Å². The highest BCUT2D eigenvalue weighted by molar-refractivity contribution is 5.97. The molecule has 0 saturated carbocycles. The summed E-state index contributed by atoms with van der Waals surface area (Å²) in [6.07, 6.45) is 2.45. The molecule has 0 saturated heterocycles. The lowest BCUT2D eigenvalue weighted by Crippen LogP contribution is -2.02. The highest BCUT2D eigenvalue weighted by atomic mass is 19.1. The number of fused-ring (bicyclic) bond motifs is 1. The quantitative estimate of drug-likeness (QED) is 0.571. The normalized spacial score (nSPS) is 11.0. The van der Waals surface area contributed by atoms with E-state index < -0.39 is 0 Å². The van der Waals surface area contributed by atoms with E-state index in [9.17, 15) is 4.39 Å². The van der Waals surface area contributed by atoms with E-state index in [2.05, 4.69) is 51.6 Å². The minimum Gasteiger partial charge on any atom is -0.365 e. The molecule has 0 unspecified atom stereocenters. The predicted molar refractivity (Wildman–Crippen MR) is 98.1 cm³/mol. The standard InChI is InChI=1S/C20H17FN4O/c1-2-13-3-5-14(6-4-13)11-22-19-17-18(15-7-9-16(21)10-8-15)25-26-20(17)24-12-23-19/h3-10,12H,2,11H2,1H3,(H,22,23,24). The van der Waals surface area contributed by atoms with Crippen LogP contribution in [-0.2, 0) is 13.0 Å². The molecular formula is C20H17FN4O. The van der Waals surface area contributed by atoms with E-state index >= 15 is 0 Å². The number of hydrogen-bond donors (Lipinski definition) is 1. The van der Waals surface area contributed by atoms with Crippen molar-refractivity contribution in [1.29, 1.82) is 0 Å². The van der Waals surface area contributed by atoms with E-state index in [1.807, 2.05) is 0 Å². The van der Waals surface area contributed by atoms with E-state index in [1.54, 1.807) is 12.1 Å². The molecule has 0 atom stereocenters. The maximum atomic E-state index is 13.2. The zero-order chi connectivity index (χ0) is 17.9. The predicted octanol–water partition coefficient (Wildman–Crippen LogP) is 4.60. The van der Waals surface area contributed by atoms with E-state index in [0.29, 0.717) is 29.2 Å². The number of nitrogens with zero attached hydrogens (tertiary/aromatic N) is 3. The molecule has 2 aromatic carbocycles. The van der Waals surface area contributed by atoms with E-state index in [-0.39, 0.29) is 5.82 Å². The first-order valence-electron chi connectivity index (χ1n) is 8.42. The molecule has 6 heteroatoms. The summed E-state index contributed by atoms with van der Waals surface area (Å²) in [5.74, 6) is 0.335. The maximum Gasteiger partial charge on any atom is 0.263 e. The van der Waals surface area contributed by atoms with Gasteiger partial charge in [0, 0.05) is 12.1 Å². The molecule has 4 aromatic rings. The van der Waals surface area contributed by atoms with Gasteiger partial charge in [-0.05, 0) is 41.8 Å². The van der Waals surface area contributed by atoms with Gasteiger partial charge in [-0.25, -0.2) is 9.37 Å². The third-order valence-corrected chi connectivity index (χ3v) is 4.28. The largest absolute Gasteiger partial charge is 0.365 e. The van der Waals surface area contributed by atoms with Crippen LogP contribution in [0.15, 0.2) is 59.4 Å².